The van der Waals surface area contributed by atoms with Gasteiger partial charge in [0.05, 0.1) is 28.0 Å². The summed E-state index contributed by atoms with van der Waals surface area (Å²) in [4.78, 5) is 18.5. The summed E-state index contributed by atoms with van der Waals surface area (Å²) in [7, 11) is 0. The second kappa shape index (κ2) is 16.1. The third kappa shape index (κ3) is 8.01. The van der Waals surface area contributed by atoms with E-state index < -0.39 is 0 Å². The number of nitrogens with zero attached hydrogens (tertiary/aromatic N) is 2. The van der Waals surface area contributed by atoms with Crippen LogP contribution in [0.5, 0.6) is 0 Å². The Balaban J connectivity index is 0.000000226. The Hall–Kier alpha value is -5.38. The number of fused-ring (bicyclic) bond motifs is 2. The van der Waals surface area contributed by atoms with Crippen molar-refractivity contribution in [2.75, 3.05) is 5.32 Å². The molecule has 0 radical (unpaired) electrons. The molecule has 0 aliphatic carbocycles. The van der Waals surface area contributed by atoms with Crippen molar-refractivity contribution >= 4 is 33.4 Å². The first-order valence-corrected chi connectivity index (χ1v) is 20.7. The average molecular weight is 741 g/mol. The van der Waals surface area contributed by atoms with Crippen LogP contribution in [0.3, 0.4) is 0 Å². The van der Waals surface area contributed by atoms with E-state index in [1.165, 1.54) is 19.4 Å². The molecule has 2 heterocycles. The summed E-state index contributed by atoms with van der Waals surface area (Å²) in [5.74, 6) is -0.161. The molecule has 1 N–H and O–H groups in total. The van der Waals surface area contributed by atoms with E-state index in [9.17, 15) is 4.79 Å². The molecule has 2 aromatic heterocycles. The molecule has 0 aliphatic heterocycles. The van der Waals surface area contributed by atoms with E-state index in [1.807, 2.05) is 86.6 Å². The normalized spacial score (nSPS) is 10.8. The molecule has 8 aromatic rings. The number of para-hydroxylation sites is 4. The summed E-state index contributed by atoms with van der Waals surface area (Å²) in [6.45, 7) is 4.01. The molecule has 0 saturated carbocycles. The fourth-order valence-electron chi connectivity index (χ4n) is 6.41. The molecule has 5 heteroatoms. The number of aromatic nitrogens is 2. The first-order chi connectivity index (χ1) is 25.0. The molecule has 0 aliphatic rings. The number of amides is 1. The van der Waals surface area contributed by atoms with Gasteiger partial charge < -0.3 is 9.88 Å². The quantitative estimate of drug-likeness (QED) is 0.169. The zero-order valence-corrected chi connectivity index (χ0v) is 31.3. The molecule has 0 saturated heterocycles. The van der Waals surface area contributed by atoms with Crippen LogP contribution in [0, 0.1) is 13.8 Å². The molecule has 0 spiro atoms. The first kappa shape index (κ1) is 34.1. The van der Waals surface area contributed by atoms with Crippen molar-refractivity contribution in [3.8, 4) is 17.1 Å². The Morgan fingerprint density at radius 2 is 1.18 bits per heavy atom. The summed E-state index contributed by atoms with van der Waals surface area (Å²) >= 11 is -0.258. The van der Waals surface area contributed by atoms with Crippen LogP contribution in [0.25, 0.3) is 38.9 Å². The predicted octanol–water partition coefficient (Wildman–Crippen LogP) is 11.2. The molecule has 51 heavy (non-hydrogen) atoms. The number of hydrogen-bond donors (Lipinski definition) is 1. The van der Waals surface area contributed by atoms with Gasteiger partial charge in [-0.15, -0.1) is 0 Å². The molecular weight excluding hydrogens is 702 g/mol. The minimum atomic E-state index is -0.258. The fourth-order valence-corrected chi connectivity index (χ4v) is 9.29. The van der Waals surface area contributed by atoms with Crippen LogP contribution in [-0.4, -0.2) is 15.5 Å². The number of rotatable bonds is 8. The van der Waals surface area contributed by atoms with Gasteiger partial charge in [-0.05, 0) is 61.4 Å². The molecule has 0 atom stereocenters. The number of anilines is 1. The van der Waals surface area contributed by atoms with Gasteiger partial charge in [0.1, 0.15) is 0 Å². The molecule has 0 bridgehead atoms. The van der Waals surface area contributed by atoms with Crippen LogP contribution in [0.2, 0.25) is 0 Å². The van der Waals surface area contributed by atoms with Crippen molar-refractivity contribution < 1.29 is 28.0 Å². The zero-order chi connectivity index (χ0) is 35.0. The van der Waals surface area contributed by atoms with Gasteiger partial charge >= 0.3 is 103 Å². The van der Waals surface area contributed by atoms with Gasteiger partial charge in [0, 0.05) is 22.1 Å². The second-order valence-corrected chi connectivity index (χ2v) is 15.6. The number of carbonyl (C=O) groups excluding carboxylic acids is 1. The maximum absolute atomic E-state index is 13.5. The maximum atomic E-state index is 13.5. The number of nitrogens with one attached hydrogen (secondary N) is 1. The second-order valence-electron chi connectivity index (χ2n) is 12.6. The molecule has 0 unspecified atom stereocenters. The van der Waals surface area contributed by atoms with E-state index in [-0.39, 0.29) is 29.1 Å². The Kier molecular flexibility index (Phi) is 10.8. The van der Waals surface area contributed by atoms with Crippen LogP contribution < -0.4 is 5.32 Å². The summed E-state index contributed by atoms with van der Waals surface area (Å²) in [6, 6.07) is 58.3. The SMILES string of the molecule is Cc1cccc(C)c1NC(=O)c1cccc2ccc(-c3cc4ccccc4n3-c3ccccc3)nc12.c1ccc([CH2][Zr][CH2]c2ccccc2)cc1. The molecular formula is C46H39N3OZr. The molecule has 4 nitrogen and oxygen atoms in total. The van der Waals surface area contributed by atoms with Crippen molar-refractivity contribution in [2.24, 2.45) is 0 Å². The number of carbonyl (C=O) groups is 1. The van der Waals surface area contributed by atoms with E-state index in [0.29, 0.717) is 11.1 Å². The van der Waals surface area contributed by atoms with E-state index in [4.69, 9.17) is 4.98 Å². The van der Waals surface area contributed by atoms with Gasteiger partial charge in [-0.1, -0.05) is 72.8 Å². The molecule has 6 aromatic carbocycles. The third-order valence-electron chi connectivity index (χ3n) is 9.02. The van der Waals surface area contributed by atoms with Gasteiger partial charge in [0.2, 0.25) is 0 Å². The van der Waals surface area contributed by atoms with Crippen LogP contribution in [-0.2, 0) is 31.5 Å². The van der Waals surface area contributed by atoms with Crippen molar-refractivity contribution in [3.63, 3.8) is 0 Å². The first-order valence-electron chi connectivity index (χ1n) is 17.3. The Bertz CT molecular complexity index is 2340. The van der Waals surface area contributed by atoms with Crippen molar-refractivity contribution in [2.45, 2.75) is 22.1 Å². The van der Waals surface area contributed by atoms with E-state index >= 15 is 0 Å². The zero-order valence-electron chi connectivity index (χ0n) is 28.9. The van der Waals surface area contributed by atoms with Crippen LogP contribution in [0.1, 0.15) is 32.6 Å². The van der Waals surface area contributed by atoms with E-state index in [0.717, 1.165) is 50.2 Å². The predicted molar refractivity (Wildman–Crippen MR) is 208 cm³/mol. The minimum absolute atomic E-state index is 0.161. The molecule has 1 amide bonds. The van der Waals surface area contributed by atoms with Crippen LogP contribution >= 0.6 is 0 Å². The third-order valence-corrected chi connectivity index (χ3v) is 12.3. The van der Waals surface area contributed by atoms with Crippen molar-refractivity contribution in [1.29, 1.82) is 0 Å². The molecule has 0 fully saturated rings. The number of hydrogen-bond acceptors (Lipinski definition) is 2. The van der Waals surface area contributed by atoms with Crippen LogP contribution in [0.15, 0.2) is 170 Å². The number of aryl methyl sites for hydroxylation is 2. The van der Waals surface area contributed by atoms with Gasteiger partial charge in [0.15, 0.2) is 0 Å². The van der Waals surface area contributed by atoms with Gasteiger partial charge in [-0.25, -0.2) is 4.98 Å². The Morgan fingerprint density at radius 3 is 1.84 bits per heavy atom. The van der Waals surface area contributed by atoms with E-state index in [1.54, 1.807) is 0 Å². The Morgan fingerprint density at radius 1 is 0.608 bits per heavy atom. The summed E-state index contributed by atoms with van der Waals surface area (Å²) < 4.78 is 4.92. The average Bonchev–Trinajstić information content (AvgIpc) is 3.57. The fraction of sp³-hybridized carbons (Fsp3) is 0.0870. The van der Waals surface area contributed by atoms with E-state index in [2.05, 4.69) is 107 Å². The summed E-state index contributed by atoms with van der Waals surface area (Å²) in [5.41, 5.74) is 11.2. The number of pyridine rings is 1. The number of benzene rings is 6. The van der Waals surface area contributed by atoms with Gasteiger partial charge in [-0.2, -0.15) is 0 Å². The van der Waals surface area contributed by atoms with Crippen molar-refractivity contribution in [3.05, 3.63) is 198 Å². The van der Waals surface area contributed by atoms with Crippen LogP contribution in [0.4, 0.5) is 5.69 Å². The Labute approximate surface area is 311 Å². The topological polar surface area (TPSA) is 46.9 Å². The standard InChI is InChI=1S/C32H25N3O.2C7H7.Zr/c1-21-10-8-11-22(2)30(21)34-32(36)26-16-9-13-23-18-19-27(33-31(23)26)29-20-24-12-6-7-17-28(24)35(29)25-14-4-3-5-15-25;2*1-7-5-3-2-4-6-7;/h3-20H,1-2H3,(H,34,36);2*2-6H,1H2;. The summed E-state index contributed by atoms with van der Waals surface area (Å²) in [6.07, 6.45) is 0. The molecule has 248 valence electrons. The van der Waals surface area contributed by atoms with Gasteiger partial charge in [-0.3, -0.25) is 4.79 Å². The monoisotopic (exact) mass is 739 g/mol. The van der Waals surface area contributed by atoms with Gasteiger partial charge in [0.25, 0.3) is 5.91 Å². The summed E-state index contributed by atoms with van der Waals surface area (Å²) in [5, 5.41) is 5.19. The van der Waals surface area contributed by atoms with Crippen molar-refractivity contribution in [1.82, 2.24) is 9.55 Å². The molecule has 8 rings (SSSR count).